The molecular weight excluding hydrogens is 340 g/mol. The number of nitrogens with one attached hydrogen (secondary N) is 1. The smallest absolute Gasteiger partial charge is 0.238 e. The van der Waals surface area contributed by atoms with Crippen LogP contribution < -0.4 is 15.2 Å². The fraction of sp³-hybridized carbons (Fsp3) is 0.278. The zero-order valence-electron chi connectivity index (χ0n) is 14.2. The highest BCUT2D eigenvalue weighted by Crippen LogP contribution is 2.16. The number of nitrogens with two attached hydrogens (primary N) is 1. The van der Waals surface area contributed by atoms with Crippen LogP contribution in [0.3, 0.4) is 0 Å². The van der Waals surface area contributed by atoms with Crippen LogP contribution in [0.4, 0.5) is 0 Å². The lowest BCUT2D eigenvalue weighted by Crippen LogP contribution is -2.27. The minimum Gasteiger partial charge on any atom is -0.493 e. The molecule has 0 saturated heterocycles. The van der Waals surface area contributed by atoms with Gasteiger partial charge in [-0.05, 0) is 43.7 Å². The van der Waals surface area contributed by atoms with Gasteiger partial charge in [-0.25, -0.2) is 13.6 Å². The van der Waals surface area contributed by atoms with Crippen molar-refractivity contribution < 1.29 is 17.9 Å². The summed E-state index contributed by atoms with van der Waals surface area (Å²) in [6.07, 6.45) is 0.230. The van der Waals surface area contributed by atoms with Gasteiger partial charge in [0.1, 0.15) is 5.75 Å². The number of primary sulfonamides is 1. The largest absolute Gasteiger partial charge is 0.493 e. The van der Waals surface area contributed by atoms with Crippen molar-refractivity contribution in [3.05, 3.63) is 59.7 Å². The van der Waals surface area contributed by atoms with E-state index in [1.165, 1.54) is 12.1 Å². The van der Waals surface area contributed by atoms with Crippen LogP contribution in [-0.2, 0) is 14.8 Å². The van der Waals surface area contributed by atoms with E-state index in [1.807, 2.05) is 38.1 Å². The van der Waals surface area contributed by atoms with Crippen molar-refractivity contribution in [1.82, 2.24) is 5.32 Å². The van der Waals surface area contributed by atoms with E-state index in [0.29, 0.717) is 0 Å². The van der Waals surface area contributed by atoms with E-state index < -0.39 is 10.0 Å². The summed E-state index contributed by atoms with van der Waals surface area (Å²) in [4.78, 5) is 12.0. The van der Waals surface area contributed by atoms with Crippen molar-refractivity contribution in [2.45, 2.75) is 31.2 Å². The molecule has 6 nitrogen and oxygen atoms in total. The Bertz CT molecular complexity index is 815. The van der Waals surface area contributed by atoms with Gasteiger partial charge in [0, 0.05) is 0 Å². The van der Waals surface area contributed by atoms with Gasteiger partial charge in [-0.3, -0.25) is 4.79 Å². The highest BCUT2D eigenvalue weighted by Gasteiger charge is 2.12. The van der Waals surface area contributed by atoms with Crippen LogP contribution in [0.25, 0.3) is 0 Å². The average Bonchev–Trinajstić information content (AvgIpc) is 2.56. The Labute approximate surface area is 148 Å². The predicted octanol–water partition coefficient (Wildman–Crippen LogP) is 2.29. The normalized spacial score (nSPS) is 12.4. The minimum absolute atomic E-state index is 0.0428. The Morgan fingerprint density at radius 2 is 1.72 bits per heavy atom. The van der Waals surface area contributed by atoms with Crippen molar-refractivity contribution in [2.24, 2.45) is 5.14 Å². The quantitative estimate of drug-likeness (QED) is 0.789. The monoisotopic (exact) mass is 362 g/mol. The number of amides is 1. The van der Waals surface area contributed by atoms with E-state index in [-0.39, 0.29) is 29.9 Å². The van der Waals surface area contributed by atoms with Gasteiger partial charge in [-0.15, -0.1) is 0 Å². The van der Waals surface area contributed by atoms with Crippen LogP contribution in [-0.4, -0.2) is 20.9 Å². The SMILES string of the molecule is Cc1ccc(OCCC(=O)N[C@@H](C)c2ccc(S(N)(=O)=O)cc2)cc1. The molecule has 0 aliphatic heterocycles. The van der Waals surface area contributed by atoms with Crippen molar-refractivity contribution >= 4 is 15.9 Å². The van der Waals surface area contributed by atoms with Crippen molar-refractivity contribution in [3.8, 4) is 5.75 Å². The third-order valence-electron chi connectivity index (χ3n) is 3.70. The first-order valence-corrected chi connectivity index (χ1v) is 9.42. The van der Waals surface area contributed by atoms with Crippen LogP contribution in [0, 0.1) is 6.92 Å². The molecule has 0 saturated carbocycles. The Hall–Kier alpha value is -2.38. The summed E-state index contributed by atoms with van der Waals surface area (Å²) in [6, 6.07) is 13.5. The number of ether oxygens (including phenoxy) is 1. The summed E-state index contributed by atoms with van der Waals surface area (Å²) in [5, 5.41) is 7.91. The first-order valence-electron chi connectivity index (χ1n) is 7.87. The lowest BCUT2D eigenvalue weighted by Gasteiger charge is -2.15. The molecule has 3 N–H and O–H groups in total. The summed E-state index contributed by atoms with van der Waals surface area (Å²) < 4.78 is 28.0. The maximum absolute atomic E-state index is 12.0. The molecule has 0 aromatic heterocycles. The first kappa shape index (κ1) is 19.0. The van der Waals surface area contributed by atoms with E-state index in [0.717, 1.165) is 16.9 Å². The molecule has 1 atom stereocenters. The van der Waals surface area contributed by atoms with Gasteiger partial charge < -0.3 is 10.1 Å². The highest BCUT2D eigenvalue weighted by molar-refractivity contribution is 7.89. The molecule has 2 rings (SSSR count). The van der Waals surface area contributed by atoms with E-state index >= 15 is 0 Å². The van der Waals surface area contributed by atoms with Crippen molar-refractivity contribution in [1.29, 1.82) is 0 Å². The van der Waals surface area contributed by atoms with E-state index in [1.54, 1.807) is 12.1 Å². The third kappa shape index (κ3) is 5.88. The Morgan fingerprint density at radius 1 is 1.12 bits per heavy atom. The Balaban J connectivity index is 1.82. The van der Waals surface area contributed by atoms with Gasteiger partial charge in [0.25, 0.3) is 0 Å². The summed E-state index contributed by atoms with van der Waals surface area (Å²) in [5.41, 5.74) is 1.94. The summed E-state index contributed by atoms with van der Waals surface area (Å²) >= 11 is 0. The second-order valence-electron chi connectivity index (χ2n) is 5.81. The molecule has 0 heterocycles. The predicted molar refractivity (Wildman–Crippen MR) is 95.7 cm³/mol. The molecule has 0 aliphatic carbocycles. The second kappa shape index (κ2) is 8.13. The maximum atomic E-state index is 12.0. The van der Waals surface area contributed by atoms with Gasteiger partial charge in [0.05, 0.1) is 24.0 Å². The number of hydrogen-bond donors (Lipinski definition) is 2. The molecular formula is C18H22N2O4S. The number of rotatable bonds is 7. The highest BCUT2D eigenvalue weighted by atomic mass is 32.2. The summed E-state index contributed by atoms with van der Waals surface area (Å²) in [6.45, 7) is 4.10. The molecule has 0 unspecified atom stereocenters. The molecule has 0 fully saturated rings. The van der Waals surface area contributed by atoms with Gasteiger partial charge in [-0.2, -0.15) is 0 Å². The van der Waals surface area contributed by atoms with Gasteiger partial charge in [-0.1, -0.05) is 29.8 Å². The molecule has 0 spiro atoms. The number of carbonyl (C=O) groups excluding carboxylic acids is 1. The van der Waals surface area contributed by atoms with Gasteiger partial charge >= 0.3 is 0 Å². The van der Waals surface area contributed by atoms with E-state index in [4.69, 9.17) is 9.88 Å². The van der Waals surface area contributed by atoms with Crippen LogP contribution in [0.15, 0.2) is 53.4 Å². The van der Waals surface area contributed by atoms with Gasteiger partial charge in [0.2, 0.25) is 15.9 Å². The number of carbonyl (C=O) groups is 1. The van der Waals surface area contributed by atoms with E-state index in [9.17, 15) is 13.2 Å². The molecule has 134 valence electrons. The molecule has 0 bridgehead atoms. The van der Waals surface area contributed by atoms with Gasteiger partial charge in [0.15, 0.2) is 0 Å². The lowest BCUT2D eigenvalue weighted by molar-refractivity contribution is -0.122. The summed E-state index contributed by atoms with van der Waals surface area (Å²) in [5.74, 6) is 0.583. The maximum Gasteiger partial charge on any atom is 0.238 e. The standard InChI is InChI=1S/C18H22N2O4S/c1-13-3-7-16(8-4-13)24-12-11-18(21)20-14(2)15-5-9-17(10-6-15)25(19,22)23/h3-10,14H,11-12H2,1-2H3,(H,20,21)(H2,19,22,23)/t14-/m0/s1. The molecule has 7 heteroatoms. The number of hydrogen-bond acceptors (Lipinski definition) is 4. The van der Waals surface area contributed by atoms with Crippen molar-refractivity contribution in [3.63, 3.8) is 0 Å². The Morgan fingerprint density at radius 3 is 2.28 bits per heavy atom. The number of aryl methyl sites for hydroxylation is 1. The molecule has 0 aliphatic rings. The van der Waals surface area contributed by atoms with Crippen LogP contribution in [0.1, 0.15) is 30.5 Å². The topological polar surface area (TPSA) is 98.5 Å². The lowest BCUT2D eigenvalue weighted by atomic mass is 10.1. The zero-order valence-corrected chi connectivity index (χ0v) is 15.0. The van der Waals surface area contributed by atoms with Crippen molar-refractivity contribution in [2.75, 3.05) is 6.61 Å². The number of sulfonamides is 1. The minimum atomic E-state index is -3.71. The van der Waals surface area contributed by atoms with Crippen LogP contribution in [0.5, 0.6) is 5.75 Å². The molecule has 0 radical (unpaired) electrons. The zero-order chi connectivity index (χ0) is 18.4. The fourth-order valence-corrected chi connectivity index (χ4v) is 2.75. The summed E-state index contributed by atoms with van der Waals surface area (Å²) in [7, 11) is -3.71. The fourth-order valence-electron chi connectivity index (χ4n) is 2.24. The molecule has 1 amide bonds. The molecule has 2 aromatic rings. The number of benzene rings is 2. The third-order valence-corrected chi connectivity index (χ3v) is 4.63. The second-order valence-corrected chi connectivity index (χ2v) is 7.38. The Kier molecular flexibility index (Phi) is 6.17. The molecule has 25 heavy (non-hydrogen) atoms. The van der Waals surface area contributed by atoms with Crippen LogP contribution >= 0.6 is 0 Å². The molecule has 2 aromatic carbocycles. The van der Waals surface area contributed by atoms with Crippen LogP contribution in [0.2, 0.25) is 0 Å². The average molecular weight is 362 g/mol. The first-order chi connectivity index (χ1) is 11.8. The van der Waals surface area contributed by atoms with E-state index in [2.05, 4.69) is 5.32 Å².